The van der Waals surface area contributed by atoms with Gasteiger partial charge in [-0.15, -0.1) is 0 Å². The second-order valence-corrected chi connectivity index (χ2v) is 5.75. The molecule has 0 saturated heterocycles. The van der Waals surface area contributed by atoms with Crippen LogP contribution in [0.25, 0.3) is 0 Å². The molecule has 1 heterocycles. The van der Waals surface area contributed by atoms with Crippen LogP contribution >= 0.6 is 0 Å². The van der Waals surface area contributed by atoms with Crippen molar-refractivity contribution in [1.29, 1.82) is 0 Å². The Hall–Kier alpha value is -1.71. The lowest BCUT2D eigenvalue weighted by Gasteiger charge is -2.27. The third-order valence-corrected chi connectivity index (χ3v) is 4.02. The Balaban J connectivity index is 2.10. The highest BCUT2D eigenvalue weighted by Crippen LogP contribution is 2.42. The number of benzene rings is 1. The van der Waals surface area contributed by atoms with E-state index in [-0.39, 0.29) is 0 Å². The maximum absolute atomic E-state index is 11.2. The van der Waals surface area contributed by atoms with Gasteiger partial charge in [0.1, 0.15) is 5.60 Å². The fourth-order valence-corrected chi connectivity index (χ4v) is 3.11. The fraction of sp³-hybridized carbons (Fsp3) is 0.353. The van der Waals surface area contributed by atoms with Gasteiger partial charge in [-0.25, -0.2) is 0 Å². The second-order valence-electron chi connectivity index (χ2n) is 5.75. The second kappa shape index (κ2) is 5.00. The first-order valence-electron chi connectivity index (χ1n) is 7.01. The van der Waals surface area contributed by atoms with Crippen LogP contribution in [0.2, 0.25) is 0 Å². The predicted octanol–water partition coefficient (Wildman–Crippen LogP) is 2.33. The van der Waals surface area contributed by atoms with Gasteiger partial charge >= 0.3 is 0 Å². The van der Waals surface area contributed by atoms with Crippen molar-refractivity contribution < 1.29 is 5.11 Å². The molecule has 2 aromatic rings. The molecule has 0 fully saturated rings. The highest BCUT2D eigenvalue weighted by Gasteiger charge is 2.39. The number of aliphatic hydroxyl groups is 1. The van der Waals surface area contributed by atoms with Crippen LogP contribution in [-0.2, 0) is 18.6 Å². The molecule has 1 aliphatic rings. The largest absolute Gasteiger partial charge is 0.380 e. The summed E-state index contributed by atoms with van der Waals surface area (Å²) in [5, 5.41) is 11.2. The Bertz CT molecular complexity index is 624. The molecule has 3 heteroatoms. The molecule has 0 bridgehead atoms. The Kier molecular flexibility index (Phi) is 3.32. The van der Waals surface area contributed by atoms with Gasteiger partial charge in [-0.05, 0) is 44.1 Å². The Morgan fingerprint density at radius 2 is 1.90 bits per heavy atom. The summed E-state index contributed by atoms with van der Waals surface area (Å²) >= 11 is 0. The SMILES string of the molecule is CN(C)Cc1ncccc1C1(O)CCc2ccccc21. The van der Waals surface area contributed by atoms with Crippen LogP contribution in [-0.4, -0.2) is 29.1 Å². The molecule has 1 atom stereocenters. The van der Waals surface area contributed by atoms with Crippen molar-refractivity contribution in [3.8, 4) is 0 Å². The summed E-state index contributed by atoms with van der Waals surface area (Å²) in [6, 6.07) is 12.1. The lowest BCUT2D eigenvalue weighted by molar-refractivity contribution is 0.0808. The molecule has 0 aliphatic heterocycles. The molecule has 104 valence electrons. The van der Waals surface area contributed by atoms with Crippen LogP contribution in [0.4, 0.5) is 0 Å². The summed E-state index contributed by atoms with van der Waals surface area (Å²) in [6.07, 6.45) is 3.45. The lowest BCUT2D eigenvalue weighted by atomic mass is 9.86. The number of aryl methyl sites for hydroxylation is 1. The van der Waals surface area contributed by atoms with Gasteiger partial charge < -0.3 is 10.0 Å². The first-order chi connectivity index (χ1) is 9.61. The average Bonchev–Trinajstić information content (AvgIpc) is 2.78. The minimum absolute atomic E-state index is 0.735. The summed E-state index contributed by atoms with van der Waals surface area (Å²) in [5.74, 6) is 0. The molecular formula is C17H20N2O. The molecule has 0 radical (unpaired) electrons. The van der Waals surface area contributed by atoms with E-state index < -0.39 is 5.60 Å². The zero-order chi connectivity index (χ0) is 14.2. The van der Waals surface area contributed by atoms with Gasteiger partial charge in [0.2, 0.25) is 0 Å². The van der Waals surface area contributed by atoms with E-state index in [1.165, 1.54) is 5.56 Å². The molecule has 0 amide bonds. The molecule has 1 N–H and O–H groups in total. The highest BCUT2D eigenvalue weighted by atomic mass is 16.3. The zero-order valence-electron chi connectivity index (χ0n) is 12.0. The fourth-order valence-electron chi connectivity index (χ4n) is 3.11. The molecule has 20 heavy (non-hydrogen) atoms. The molecule has 0 spiro atoms. The van der Waals surface area contributed by atoms with Gasteiger partial charge in [-0.1, -0.05) is 30.3 Å². The zero-order valence-corrected chi connectivity index (χ0v) is 12.0. The Labute approximate surface area is 119 Å². The number of pyridine rings is 1. The minimum atomic E-state index is -0.893. The van der Waals surface area contributed by atoms with Gasteiger partial charge in [-0.3, -0.25) is 4.98 Å². The summed E-state index contributed by atoms with van der Waals surface area (Å²) in [5.41, 5.74) is 3.29. The van der Waals surface area contributed by atoms with E-state index >= 15 is 0 Å². The highest BCUT2D eigenvalue weighted by molar-refractivity contribution is 5.46. The van der Waals surface area contributed by atoms with E-state index in [2.05, 4.69) is 16.0 Å². The van der Waals surface area contributed by atoms with E-state index in [1.807, 2.05) is 44.4 Å². The van der Waals surface area contributed by atoms with Gasteiger partial charge in [0, 0.05) is 18.3 Å². The maximum Gasteiger partial charge on any atom is 0.117 e. The summed E-state index contributed by atoms with van der Waals surface area (Å²) in [7, 11) is 4.04. The lowest BCUT2D eigenvalue weighted by Crippen LogP contribution is -2.27. The number of rotatable bonds is 3. The number of nitrogens with zero attached hydrogens (tertiary/aromatic N) is 2. The van der Waals surface area contributed by atoms with Crippen LogP contribution in [0.15, 0.2) is 42.6 Å². The van der Waals surface area contributed by atoms with Crippen LogP contribution in [0.5, 0.6) is 0 Å². The molecule has 1 aliphatic carbocycles. The smallest absolute Gasteiger partial charge is 0.117 e. The van der Waals surface area contributed by atoms with Crippen LogP contribution in [0, 0.1) is 0 Å². The standard InChI is InChI=1S/C17H20N2O/c1-19(2)12-16-15(8-5-11-18-16)17(20)10-9-13-6-3-4-7-14(13)17/h3-8,11,20H,9-10,12H2,1-2H3. The van der Waals surface area contributed by atoms with Crippen molar-refractivity contribution in [3.05, 3.63) is 65.0 Å². The topological polar surface area (TPSA) is 36.4 Å². The normalized spacial score (nSPS) is 21.2. The molecule has 0 saturated carbocycles. The van der Waals surface area contributed by atoms with Crippen molar-refractivity contribution in [2.24, 2.45) is 0 Å². The molecule has 1 aromatic heterocycles. The third kappa shape index (κ3) is 2.13. The Morgan fingerprint density at radius 3 is 2.70 bits per heavy atom. The molecule has 1 aromatic carbocycles. The summed E-state index contributed by atoms with van der Waals surface area (Å²) < 4.78 is 0. The molecule has 3 rings (SSSR count). The quantitative estimate of drug-likeness (QED) is 0.928. The van der Waals surface area contributed by atoms with Gasteiger partial charge in [0.15, 0.2) is 0 Å². The van der Waals surface area contributed by atoms with Crippen LogP contribution in [0.3, 0.4) is 0 Å². The molecule has 1 unspecified atom stereocenters. The first kappa shape index (κ1) is 13.3. The number of aromatic nitrogens is 1. The average molecular weight is 268 g/mol. The van der Waals surface area contributed by atoms with Crippen LogP contribution < -0.4 is 0 Å². The monoisotopic (exact) mass is 268 g/mol. The van der Waals surface area contributed by atoms with Crippen molar-refractivity contribution in [3.63, 3.8) is 0 Å². The maximum atomic E-state index is 11.2. The van der Waals surface area contributed by atoms with E-state index in [0.717, 1.165) is 36.2 Å². The van der Waals surface area contributed by atoms with Gasteiger partial charge in [0.25, 0.3) is 0 Å². The molecular weight excluding hydrogens is 248 g/mol. The van der Waals surface area contributed by atoms with Crippen molar-refractivity contribution >= 4 is 0 Å². The van der Waals surface area contributed by atoms with Crippen molar-refractivity contribution in [1.82, 2.24) is 9.88 Å². The minimum Gasteiger partial charge on any atom is -0.380 e. The van der Waals surface area contributed by atoms with Gasteiger partial charge in [-0.2, -0.15) is 0 Å². The van der Waals surface area contributed by atoms with E-state index in [1.54, 1.807) is 6.20 Å². The molecule has 3 nitrogen and oxygen atoms in total. The van der Waals surface area contributed by atoms with E-state index in [4.69, 9.17) is 0 Å². The van der Waals surface area contributed by atoms with E-state index in [9.17, 15) is 5.11 Å². The van der Waals surface area contributed by atoms with Crippen molar-refractivity contribution in [2.45, 2.75) is 25.0 Å². The summed E-state index contributed by atoms with van der Waals surface area (Å²) in [6.45, 7) is 0.737. The predicted molar refractivity (Wildman–Crippen MR) is 79.4 cm³/mol. The first-order valence-corrected chi connectivity index (χ1v) is 7.01. The third-order valence-electron chi connectivity index (χ3n) is 4.02. The van der Waals surface area contributed by atoms with Gasteiger partial charge in [0.05, 0.1) is 5.69 Å². The Morgan fingerprint density at radius 1 is 1.15 bits per heavy atom. The van der Waals surface area contributed by atoms with Crippen LogP contribution in [0.1, 0.15) is 28.8 Å². The number of hydrogen-bond acceptors (Lipinski definition) is 3. The van der Waals surface area contributed by atoms with E-state index in [0.29, 0.717) is 0 Å². The number of hydrogen-bond donors (Lipinski definition) is 1. The summed E-state index contributed by atoms with van der Waals surface area (Å²) in [4.78, 5) is 6.56. The van der Waals surface area contributed by atoms with Crippen molar-refractivity contribution in [2.75, 3.05) is 14.1 Å². The number of fused-ring (bicyclic) bond motifs is 1.